The zero-order valence-electron chi connectivity index (χ0n) is 12.3. The largest absolute Gasteiger partial charge is 0.445 e. The van der Waals surface area contributed by atoms with Crippen LogP contribution < -0.4 is 0 Å². The highest BCUT2D eigenvalue weighted by Crippen LogP contribution is 2.48. The molecule has 0 aromatic heterocycles. The normalized spacial score (nSPS) is 30.8. The summed E-state index contributed by atoms with van der Waals surface area (Å²) in [7, 11) is 0. The second kappa shape index (κ2) is 5.40. The van der Waals surface area contributed by atoms with Crippen molar-refractivity contribution in [2.24, 2.45) is 17.3 Å². The number of likely N-dealkylation sites (tertiary alicyclic amines) is 1. The van der Waals surface area contributed by atoms with Crippen molar-refractivity contribution in [1.29, 1.82) is 5.26 Å². The van der Waals surface area contributed by atoms with E-state index >= 15 is 0 Å². The number of benzene rings is 1. The fourth-order valence-electron chi connectivity index (χ4n) is 3.69. The minimum Gasteiger partial charge on any atom is -0.445 e. The molecule has 0 spiro atoms. The average molecular weight is 284 g/mol. The minimum atomic E-state index is -0.230. The summed E-state index contributed by atoms with van der Waals surface area (Å²) < 4.78 is 5.38. The molecule has 1 aliphatic carbocycles. The summed E-state index contributed by atoms with van der Waals surface area (Å²) in [6.07, 6.45) is 1.57. The number of amides is 1. The first kappa shape index (κ1) is 13.9. The van der Waals surface area contributed by atoms with Gasteiger partial charge in [0.05, 0.1) is 11.5 Å². The van der Waals surface area contributed by atoms with Gasteiger partial charge in [0, 0.05) is 13.1 Å². The molecule has 1 saturated heterocycles. The molecule has 1 aromatic carbocycles. The Bertz CT molecular complexity index is 550. The van der Waals surface area contributed by atoms with Crippen LogP contribution >= 0.6 is 0 Å². The molecular formula is C17H20N2O2. The zero-order chi connectivity index (χ0) is 14.9. The predicted octanol–water partition coefficient (Wildman–Crippen LogP) is 3.19. The van der Waals surface area contributed by atoms with Gasteiger partial charge in [-0.25, -0.2) is 4.79 Å². The van der Waals surface area contributed by atoms with Crippen molar-refractivity contribution in [3.05, 3.63) is 35.9 Å². The summed E-state index contributed by atoms with van der Waals surface area (Å²) in [5.74, 6) is 0.915. The van der Waals surface area contributed by atoms with E-state index in [4.69, 9.17) is 4.74 Å². The number of ether oxygens (including phenoxy) is 1. The molecule has 0 N–H and O–H groups in total. The van der Waals surface area contributed by atoms with Gasteiger partial charge in [0.25, 0.3) is 0 Å². The Morgan fingerprint density at radius 1 is 1.33 bits per heavy atom. The van der Waals surface area contributed by atoms with Gasteiger partial charge in [0.1, 0.15) is 6.61 Å². The first-order valence-corrected chi connectivity index (χ1v) is 7.46. The minimum absolute atomic E-state index is 0.199. The van der Waals surface area contributed by atoms with Crippen LogP contribution in [0.4, 0.5) is 4.79 Å². The molecule has 1 heterocycles. The summed E-state index contributed by atoms with van der Waals surface area (Å²) >= 11 is 0. The quantitative estimate of drug-likeness (QED) is 0.838. The number of nitriles is 1. The summed E-state index contributed by atoms with van der Waals surface area (Å²) in [5.41, 5.74) is 0.803. The first-order valence-electron chi connectivity index (χ1n) is 7.46. The van der Waals surface area contributed by atoms with Crippen molar-refractivity contribution >= 4 is 6.09 Å². The molecule has 0 radical (unpaired) electrons. The highest BCUT2D eigenvalue weighted by molar-refractivity contribution is 5.68. The Balaban J connectivity index is 1.52. The van der Waals surface area contributed by atoms with Gasteiger partial charge in [-0.2, -0.15) is 5.26 Å². The molecule has 4 nitrogen and oxygen atoms in total. The molecule has 2 aliphatic rings. The molecule has 1 aromatic rings. The number of hydrogen-bond acceptors (Lipinski definition) is 3. The number of rotatable bonds is 2. The number of carbonyl (C=O) groups excluding carboxylic acids is 1. The molecule has 0 bridgehead atoms. The maximum Gasteiger partial charge on any atom is 0.410 e. The number of carbonyl (C=O) groups is 1. The first-order chi connectivity index (χ1) is 10.1. The molecule has 1 aliphatic heterocycles. The fraction of sp³-hybridized carbons (Fsp3) is 0.529. The van der Waals surface area contributed by atoms with Crippen molar-refractivity contribution in [2.45, 2.75) is 26.4 Å². The van der Waals surface area contributed by atoms with Crippen LogP contribution in [0.1, 0.15) is 25.3 Å². The maximum atomic E-state index is 12.1. The topological polar surface area (TPSA) is 53.3 Å². The van der Waals surface area contributed by atoms with Gasteiger partial charge >= 0.3 is 6.09 Å². The van der Waals surface area contributed by atoms with Gasteiger partial charge < -0.3 is 9.64 Å². The molecule has 2 atom stereocenters. The van der Waals surface area contributed by atoms with Crippen molar-refractivity contribution in [1.82, 2.24) is 4.90 Å². The third kappa shape index (κ3) is 2.87. The van der Waals surface area contributed by atoms with Gasteiger partial charge in [-0.05, 0) is 37.2 Å². The predicted molar refractivity (Wildman–Crippen MR) is 78.1 cm³/mol. The lowest BCUT2D eigenvalue weighted by Gasteiger charge is -2.20. The Morgan fingerprint density at radius 2 is 1.95 bits per heavy atom. The number of nitrogens with zero attached hydrogens (tertiary/aromatic N) is 2. The number of fused-ring (bicyclic) bond motifs is 1. The van der Waals surface area contributed by atoms with E-state index in [2.05, 4.69) is 6.07 Å². The SMILES string of the molecule is CC1(C#N)CC2CN(C(=O)OCc3ccccc3)CC2C1. The molecule has 21 heavy (non-hydrogen) atoms. The fourth-order valence-corrected chi connectivity index (χ4v) is 3.69. The van der Waals surface area contributed by atoms with Crippen molar-refractivity contribution in [3.8, 4) is 6.07 Å². The van der Waals surface area contributed by atoms with E-state index in [-0.39, 0.29) is 11.5 Å². The van der Waals surface area contributed by atoms with E-state index in [0.29, 0.717) is 18.4 Å². The monoisotopic (exact) mass is 284 g/mol. The smallest absolute Gasteiger partial charge is 0.410 e. The molecule has 110 valence electrons. The summed E-state index contributed by atoms with van der Waals surface area (Å²) in [6.45, 7) is 3.82. The van der Waals surface area contributed by atoms with Crippen LogP contribution in [0, 0.1) is 28.6 Å². The molecular weight excluding hydrogens is 264 g/mol. The van der Waals surface area contributed by atoms with Gasteiger partial charge in [-0.3, -0.25) is 0 Å². The van der Waals surface area contributed by atoms with Crippen molar-refractivity contribution in [3.63, 3.8) is 0 Å². The van der Waals surface area contributed by atoms with E-state index in [0.717, 1.165) is 31.5 Å². The molecule has 2 unspecified atom stereocenters. The zero-order valence-corrected chi connectivity index (χ0v) is 12.3. The number of hydrogen-bond donors (Lipinski definition) is 0. The molecule has 3 rings (SSSR count). The van der Waals surface area contributed by atoms with Gasteiger partial charge in [-0.1, -0.05) is 30.3 Å². The van der Waals surface area contributed by atoms with Crippen LogP contribution in [-0.4, -0.2) is 24.1 Å². The van der Waals surface area contributed by atoms with Gasteiger partial charge in [0.2, 0.25) is 0 Å². The highest BCUT2D eigenvalue weighted by Gasteiger charge is 2.48. The second-order valence-electron chi connectivity index (χ2n) is 6.55. The summed E-state index contributed by atoms with van der Waals surface area (Å²) in [4.78, 5) is 13.9. The highest BCUT2D eigenvalue weighted by atomic mass is 16.6. The molecule has 1 amide bonds. The lowest BCUT2D eigenvalue weighted by Crippen LogP contribution is -2.31. The van der Waals surface area contributed by atoms with Crippen LogP contribution in [0.3, 0.4) is 0 Å². The van der Waals surface area contributed by atoms with Crippen molar-refractivity contribution in [2.75, 3.05) is 13.1 Å². The van der Waals surface area contributed by atoms with Crippen molar-refractivity contribution < 1.29 is 9.53 Å². The lowest BCUT2D eigenvalue weighted by molar-refractivity contribution is 0.100. The Morgan fingerprint density at radius 3 is 2.52 bits per heavy atom. The van der Waals surface area contributed by atoms with E-state index in [1.165, 1.54) is 0 Å². The maximum absolute atomic E-state index is 12.1. The van der Waals surface area contributed by atoms with E-state index in [9.17, 15) is 10.1 Å². The summed E-state index contributed by atoms with van der Waals surface area (Å²) in [5, 5.41) is 9.21. The Kier molecular flexibility index (Phi) is 3.59. The van der Waals surface area contributed by atoms with Crippen LogP contribution in [0.25, 0.3) is 0 Å². The molecule has 2 fully saturated rings. The Hall–Kier alpha value is -2.02. The van der Waals surface area contributed by atoms with Crippen LogP contribution in [0.5, 0.6) is 0 Å². The van der Waals surface area contributed by atoms with E-state index in [1.54, 1.807) is 4.90 Å². The molecule has 4 heteroatoms. The molecule has 1 saturated carbocycles. The third-order valence-electron chi connectivity index (χ3n) is 4.74. The third-order valence-corrected chi connectivity index (χ3v) is 4.74. The lowest BCUT2D eigenvalue weighted by atomic mass is 9.89. The Labute approximate surface area is 125 Å². The van der Waals surface area contributed by atoms with Gasteiger partial charge in [-0.15, -0.1) is 0 Å². The average Bonchev–Trinajstić information content (AvgIpc) is 3.01. The van der Waals surface area contributed by atoms with Crippen LogP contribution in [-0.2, 0) is 11.3 Å². The van der Waals surface area contributed by atoms with Crippen LogP contribution in [0.15, 0.2) is 30.3 Å². The second-order valence-corrected chi connectivity index (χ2v) is 6.55. The summed E-state index contributed by atoms with van der Waals surface area (Å²) in [6, 6.07) is 12.1. The van der Waals surface area contributed by atoms with E-state index < -0.39 is 0 Å². The van der Waals surface area contributed by atoms with E-state index in [1.807, 2.05) is 37.3 Å². The van der Waals surface area contributed by atoms with Crippen LogP contribution in [0.2, 0.25) is 0 Å². The van der Waals surface area contributed by atoms with Gasteiger partial charge in [0.15, 0.2) is 0 Å². The standard InChI is InChI=1S/C17H20N2O2/c1-17(12-18)7-14-9-19(10-15(14)8-17)16(20)21-11-13-5-3-2-4-6-13/h2-6,14-15H,7-11H2,1H3.